The van der Waals surface area contributed by atoms with Gasteiger partial charge >= 0.3 is 0 Å². The van der Waals surface area contributed by atoms with Gasteiger partial charge in [-0.15, -0.1) is 0 Å². The van der Waals surface area contributed by atoms with E-state index in [2.05, 4.69) is 17.2 Å². The van der Waals surface area contributed by atoms with E-state index in [0.717, 1.165) is 31.2 Å². The SMILES string of the molecule is CC(NCC1(O)CCCC1)c1ccnc(Cl)c1. The largest absolute Gasteiger partial charge is 0.389 e. The van der Waals surface area contributed by atoms with Crippen LogP contribution in [0.15, 0.2) is 18.3 Å². The highest BCUT2D eigenvalue weighted by atomic mass is 35.5. The Morgan fingerprint density at radius 2 is 2.24 bits per heavy atom. The van der Waals surface area contributed by atoms with Gasteiger partial charge in [-0.05, 0) is 37.5 Å². The second-order valence-electron chi connectivity index (χ2n) is 4.95. The van der Waals surface area contributed by atoms with E-state index in [9.17, 15) is 5.11 Å². The van der Waals surface area contributed by atoms with Crippen LogP contribution in [0.25, 0.3) is 0 Å². The number of aromatic nitrogens is 1. The van der Waals surface area contributed by atoms with Crippen LogP contribution in [0.3, 0.4) is 0 Å². The van der Waals surface area contributed by atoms with E-state index in [1.165, 1.54) is 0 Å². The van der Waals surface area contributed by atoms with Crippen molar-refractivity contribution >= 4 is 11.6 Å². The highest BCUT2D eigenvalue weighted by molar-refractivity contribution is 6.29. The van der Waals surface area contributed by atoms with Crippen molar-refractivity contribution in [1.82, 2.24) is 10.3 Å². The lowest BCUT2D eigenvalue weighted by molar-refractivity contribution is 0.0453. The predicted octanol–water partition coefficient (Wildman–Crippen LogP) is 2.69. The summed E-state index contributed by atoms with van der Waals surface area (Å²) >= 11 is 5.86. The maximum Gasteiger partial charge on any atom is 0.129 e. The molecule has 4 heteroatoms. The van der Waals surface area contributed by atoms with E-state index in [-0.39, 0.29) is 6.04 Å². The molecule has 1 aromatic rings. The van der Waals surface area contributed by atoms with E-state index < -0.39 is 5.60 Å². The summed E-state index contributed by atoms with van der Waals surface area (Å²) in [5.41, 5.74) is 0.594. The van der Waals surface area contributed by atoms with Crippen LogP contribution in [-0.4, -0.2) is 22.2 Å². The van der Waals surface area contributed by atoms with Crippen molar-refractivity contribution < 1.29 is 5.11 Å². The molecule has 2 rings (SSSR count). The molecule has 1 aromatic heterocycles. The molecule has 0 bridgehead atoms. The van der Waals surface area contributed by atoms with Gasteiger partial charge in [0.2, 0.25) is 0 Å². The molecule has 0 amide bonds. The van der Waals surface area contributed by atoms with Gasteiger partial charge < -0.3 is 10.4 Å². The zero-order chi connectivity index (χ0) is 12.3. The summed E-state index contributed by atoms with van der Waals surface area (Å²) in [6, 6.07) is 3.99. The fourth-order valence-corrected chi connectivity index (χ4v) is 2.54. The standard InChI is InChI=1S/C13H19ClN2O/c1-10(11-4-7-15-12(14)8-11)16-9-13(17)5-2-3-6-13/h4,7-8,10,16-17H,2-3,5-6,9H2,1H3. The Kier molecular flexibility index (Phi) is 4.02. The lowest BCUT2D eigenvalue weighted by Gasteiger charge is -2.25. The monoisotopic (exact) mass is 254 g/mol. The molecular formula is C13H19ClN2O. The summed E-state index contributed by atoms with van der Waals surface area (Å²) in [6.45, 7) is 2.72. The normalized spacial score (nSPS) is 20.4. The lowest BCUT2D eigenvalue weighted by Crippen LogP contribution is -2.39. The highest BCUT2D eigenvalue weighted by Gasteiger charge is 2.30. The van der Waals surface area contributed by atoms with Crippen LogP contribution >= 0.6 is 11.6 Å². The maximum absolute atomic E-state index is 10.2. The first-order valence-corrected chi connectivity index (χ1v) is 6.54. The number of hydrogen-bond donors (Lipinski definition) is 2. The topological polar surface area (TPSA) is 45.1 Å². The summed E-state index contributed by atoms with van der Waals surface area (Å²) in [5, 5.41) is 14.1. The molecule has 2 N–H and O–H groups in total. The third-order valence-corrected chi connectivity index (χ3v) is 3.73. The van der Waals surface area contributed by atoms with Gasteiger partial charge in [0.05, 0.1) is 5.60 Å². The Balaban J connectivity index is 1.91. The second kappa shape index (κ2) is 5.34. The molecule has 3 nitrogen and oxygen atoms in total. The molecule has 1 atom stereocenters. The van der Waals surface area contributed by atoms with Gasteiger partial charge in [0.15, 0.2) is 0 Å². The number of halogens is 1. The molecule has 0 aromatic carbocycles. The van der Waals surface area contributed by atoms with Gasteiger partial charge in [-0.3, -0.25) is 0 Å². The zero-order valence-corrected chi connectivity index (χ0v) is 10.9. The van der Waals surface area contributed by atoms with Gasteiger partial charge in [-0.25, -0.2) is 4.98 Å². The zero-order valence-electron chi connectivity index (χ0n) is 10.1. The van der Waals surface area contributed by atoms with Crippen LogP contribution < -0.4 is 5.32 Å². The van der Waals surface area contributed by atoms with E-state index in [4.69, 9.17) is 11.6 Å². The Labute approximate surface area is 107 Å². The number of aliphatic hydroxyl groups is 1. The quantitative estimate of drug-likeness (QED) is 0.812. The van der Waals surface area contributed by atoms with Crippen LogP contribution in [0.5, 0.6) is 0 Å². The van der Waals surface area contributed by atoms with Crippen molar-refractivity contribution in [3.8, 4) is 0 Å². The van der Waals surface area contributed by atoms with Crippen LogP contribution in [0.1, 0.15) is 44.2 Å². The number of nitrogens with one attached hydrogen (secondary N) is 1. The Bertz CT molecular complexity index is 377. The predicted molar refractivity (Wildman–Crippen MR) is 69.1 cm³/mol. The molecule has 17 heavy (non-hydrogen) atoms. The molecule has 1 heterocycles. The number of nitrogens with zero attached hydrogens (tertiary/aromatic N) is 1. The van der Waals surface area contributed by atoms with Crippen LogP contribution in [0, 0.1) is 0 Å². The Hall–Kier alpha value is -0.640. The fraction of sp³-hybridized carbons (Fsp3) is 0.615. The van der Waals surface area contributed by atoms with Gasteiger partial charge in [0, 0.05) is 18.8 Å². The summed E-state index contributed by atoms with van der Waals surface area (Å²) in [5.74, 6) is 0. The van der Waals surface area contributed by atoms with Gasteiger partial charge in [0.1, 0.15) is 5.15 Å². The molecule has 0 saturated heterocycles. The first-order chi connectivity index (χ1) is 8.09. The number of hydrogen-bond acceptors (Lipinski definition) is 3. The molecular weight excluding hydrogens is 236 g/mol. The van der Waals surface area contributed by atoms with Crippen molar-refractivity contribution in [1.29, 1.82) is 0 Å². The summed E-state index contributed by atoms with van der Waals surface area (Å²) in [4.78, 5) is 3.96. The summed E-state index contributed by atoms with van der Waals surface area (Å²) < 4.78 is 0. The average molecular weight is 255 g/mol. The number of rotatable bonds is 4. The molecule has 1 aliphatic rings. The molecule has 0 spiro atoms. The smallest absolute Gasteiger partial charge is 0.129 e. The second-order valence-corrected chi connectivity index (χ2v) is 5.33. The molecule has 1 aliphatic carbocycles. The third-order valence-electron chi connectivity index (χ3n) is 3.52. The molecule has 1 fully saturated rings. The lowest BCUT2D eigenvalue weighted by atomic mass is 10.0. The first kappa shape index (κ1) is 12.8. The Morgan fingerprint density at radius 3 is 2.88 bits per heavy atom. The number of pyridine rings is 1. The molecule has 1 unspecified atom stereocenters. The molecule has 0 radical (unpaired) electrons. The average Bonchev–Trinajstić information content (AvgIpc) is 2.74. The van der Waals surface area contributed by atoms with E-state index in [0.29, 0.717) is 11.7 Å². The van der Waals surface area contributed by atoms with Crippen molar-refractivity contribution in [3.63, 3.8) is 0 Å². The van der Waals surface area contributed by atoms with Crippen molar-refractivity contribution in [2.45, 2.75) is 44.2 Å². The molecule has 94 valence electrons. The van der Waals surface area contributed by atoms with Crippen LogP contribution in [0.2, 0.25) is 5.15 Å². The maximum atomic E-state index is 10.2. The van der Waals surface area contributed by atoms with Crippen molar-refractivity contribution in [3.05, 3.63) is 29.0 Å². The fourth-order valence-electron chi connectivity index (χ4n) is 2.36. The third kappa shape index (κ3) is 3.41. The molecule has 1 saturated carbocycles. The van der Waals surface area contributed by atoms with Gasteiger partial charge in [0.25, 0.3) is 0 Å². The van der Waals surface area contributed by atoms with Crippen molar-refractivity contribution in [2.24, 2.45) is 0 Å². The van der Waals surface area contributed by atoms with E-state index in [1.54, 1.807) is 6.20 Å². The molecule has 0 aliphatic heterocycles. The van der Waals surface area contributed by atoms with Crippen LogP contribution in [0.4, 0.5) is 0 Å². The van der Waals surface area contributed by atoms with Gasteiger partial charge in [-0.1, -0.05) is 24.4 Å². The highest BCUT2D eigenvalue weighted by Crippen LogP contribution is 2.29. The Morgan fingerprint density at radius 1 is 1.53 bits per heavy atom. The van der Waals surface area contributed by atoms with Crippen molar-refractivity contribution in [2.75, 3.05) is 6.54 Å². The minimum absolute atomic E-state index is 0.181. The minimum Gasteiger partial charge on any atom is -0.389 e. The van der Waals surface area contributed by atoms with Gasteiger partial charge in [-0.2, -0.15) is 0 Å². The van der Waals surface area contributed by atoms with Crippen LogP contribution in [-0.2, 0) is 0 Å². The van der Waals surface area contributed by atoms with E-state index in [1.807, 2.05) is 12.1 Å². The first-order valence-electron chi connectivity index (χ1n) is 6.16. The van der Waals surface area contributed by atoms with E-state index >= 15 is 0 Å². The minimum atomic E-state index is -0.509. The summed E-state index contributed by atoms with van der Waals surface area (Å²) in [7, 11) is 0. The summed E-state index contributed by atoms with van der Waals surface area (Å²) in [6.07, 6.45) is 5.79.